The fraction of sp³-hybridized carbons (Fsp3) is 0.263. The van der Waals surface area contributed by atoms with Crippen LogP contribution in [0.3, 0.4) is 0 Å². The number of ether oxygens (including phenoxy) is 2. The minimum atomic E-state index is -0.932. The van der Waals surface area contributed by atoms with Crippen LogP contribution in [0.25, 0.3) is 0 Å². The second-order valence-corrected chi connectivity index (χ2v) is 5.41. The molecule has 2 rings (SSSR count). The maximum absolute atomic E-state index is 12.3. The van der Waals surface area contributed by atoms with E-state index in [1.165, 1.54) is 14.0 Å². The van der Waals surface area contributed by atoms with E-state index in [9.17, 15) is 9.59 Å². The van der Waals surface area contributed by atoms with Gasteiger partial charge in [-0.1, -0.05) is 48.5 Å². The molecule has 0 bridgehead atoms. The van der Waals surface area contributed by atoms with Crippen molar-refractivity contribution in [1.29, 1.82) is 0 Å². The number of rotatable bonds is 6. The van der Waals surface area contributed by atoms with Crippen LogP contribution in [0.5, 0.6) is 0 Å². The first-order valence-electron chi connectivity index (χ1n) is 7.67. The van der Waals surface area contributed by atoms with Crippen molar-refractivity contribution in [3.05, 3.63) is 65.7 Å². The number of anilines is 1. The van der Waals surface area contributed by atoms with Crippen molar-refractivity contribution < 1.29 is 19.1 Å². The van der Waals surface area contributed by atoms with Crippen LogP contribution in [-0.2, 0) is 19.1 Å². The lowest BCUT2D eigenvalue weighted by molar-refractivity contribution is -0.163. The lowest BCUT2D eigenvalue weighted by Gasteiger charge is -2.19. The molecular formula is C19H21NO4. The molecule has 0 aliphatic heterocycles. The van der Waals surface area contributed by atoms with Crippen LogP contribution in [0.15, 0.2) is 54.6 Å². The summed E-state index contributed by atoms with van der Waals surface area (Å²) in [5, 5.41) is 2.76. The number of carbonyl (C=O) groups is 2. The quantitative estimate of drug-likeness (QED) is 0.827. The average Bonchev–Trinajstić information content (AvgIpc) is 2.58. The van der Waals surface area contributed by atoms with Crippen LogP contribution >= 0.6 is 0 Å². The van der Waals surface area contributed by atoms with Gasteiger partial charge >= 0.3 is 5.97 Å². The van der Waals surface area contributed by atoms with Gasteiger partial charge in [-0.25, -0.2) is 4.79 Å². The Labute approximate surface area is 141 Å². The largest absolute Gasteiger partial charge is 0.450 e. The second-order valence-electron chi connectivity index (χ2n) is 5.41. The molecule has 0 heterocycles. The van der Waals surface area contributed by atoms with E-state index in [1.54, 1.807) is 18.2 Å². The first kappa shape index (κ1) is 17.7. The van der Waals surface area contributed by atoms with Crippen molar-refractivity contribution >= 4 is 17.6 Å². The maximum atomic E-state index is 12.3. The number of nitrogens with one attached hydrogen (secondary N) is 1. The molecule has 1 N–H and O–H groups in total. The van der Waals surface area contributed by atoms with E-state index in [4.69, 9.17) is 9.47 Å². The lowest BCUT2D eigenvalue weighted by atomic mass is 10.1. The predicted molar refractivity (Wildman–Crippen MR) is 91.6 cm³/mol. The Morgan fingerprint density at radius 2 is 1.62 bits per heavy atom. The van der Waals surface area contributed by atoms with Crippen molar-refractivity contribution in [2.45, 2.75) is 26.1 Å². The molecule has 0 spiro atoms. The molecule has 0 unspecified atom stereocenters. The van der Waals surface area contributed by atoms with Crippen molar-refractivity contribution in [1.82, 2.24) is 0 Å². The molecule has 0 aliphatic carbocycles. The molecule has 24 heavy (non-hydrogen) atoms. The molecular weight excluding hydrogens is 306 g/mol. The van der Waals surface area contributed by atoms with E-state index in [2.05, 4.69) is 5.32 Å². The summed E-state index contributed by atoms with van der Waals surface area (Å²) in [6.07, 6.45) is -1.79. The minimum absolute atomic E-state index is 0.388. The van der Waals surface area contributed by atoms with Crippen LogP contribution < -0.4 is 5.32 Å². The topological polar surface area (TPSA) is 64.6 Å². The van der Waals surface area contributed by atoms with Crippen molar-refractivity contribution in [3.8, 4) is 0 Å². The lowest BCUT2D eigenvalue weighted by Crippen LogP contribution is -2.32. The zero-order valence-corrected chi connectivity index (χ0v) is 14.0. The Hall–Kier alpha value is -2.66. The van der Waals surface area contributed by atoms with Gasteiger partial charge in [-0.3, -0.25) is 4.79 Å². The Morgan fingerprint density at radius 1 is 1.00 bits per heavy atom. The number of aryl methyl sites for hydroxylation is 1. The van der Waals surface area contributed by atoms with Crippen LogP contribution in [0.4, 0.5) is 5.69 Å². The van der Waals surface area contributed by atoms with Gasteiger partial charge in [0.05, 0.1) is 0 Å². The molecule has 0 saturated heterocycles. The van der Waals surface area contributed by atoms with Gasteiger partial charge in [0, 0.05) is 12.8 Å². The number of carbonyl (C=O) groups excluding carboxylic acids is 2. The van der Waals surface area contributed by atoms with Gasteiger partial charge in [0.2, 0.25) is 0 Å². The summed E-state index contributed by atoms with van der Waals surface area (Å²) in [5.74, 6) is -0.989. The SMILES string of the molecule is CO[C@H](C(=O)O[C@@H](C)C(=O)Nc1ccccc1C)c1ccccc1. The van der Waals surface area contributed by atoms with E-state index in [0.29, 0.717) is 11.3 Å². The monoisotopic (exact) mass is 327 g/mol. The summed E-state index contributed by atoms with van der Waals surface area (Å²) in [6, 6.07) is 16.4. The highest BCUT2D eigenvalue weighted by Gasteiger charge is 2.26. The van der Waals surface area contributed by atoms with Crippen LogP contribution in [0.2, 0.25) is 0 Å². The van der Waals surface area contributed by atoms with E-state index in [1.807, 2.05) is 43.3 Å². The molecule has 0 radical (unpaired) electrons. The Bertz CT molecular complexity index is 700. The highest BCUT2D eigenvalue weighted by molar-refractivity contribution is 5.95. The highest BCUT2D eigenvalue weighted by Crippen LogP contribution is 2.19. The number of esters is 1. The van der Waals surface area contributed by atoms with Gasteiger partial charge in [-0.05, 0) is 31.0 Å². The molecule has 0 aliphatic rings. The van der Waals surface area contributed by atoms with Crippen LogP contribution in [0, 0.1) is 6.92 Å². The molecule has 0 saturated carbocycles. The zero-order chi connectivity index (χ0) is 17.5. The Kier molecular flexibility index (Phi) is 6.09. The molecule has 1 amide bonds. The first-order chi connectivity index (χ1) is 11.5. The van der Waals surface area contributed by atoms with E-state index >= 15 is 0 Å². The van der Waals surface area contributed by atoms with Gasteiger partial charge in [0.1, 0.15) is 0 Å². The summed E-state index contributed by atoms with van der Waals surface area (Å²) < 4.78 is 10.5. The summed E-state index contributed by atoms with van der Waals surface area (Å²) >= 11 is 0. The molecule has 0 aromatic heterocycles. The van der Waals surface area contributed by atoms with Crippen molar-refractivity contribution in [2.75, 3.05) is 12.4 Å². The first-order valence-corrected chi connectivity index (χ1v) is 7.67. The molecule has 5 heteroatoms. The number of benzene rings is 2. The highest BCUT2D eigenvalue weighted by atomic mass is 16.6. The van der Waals surface area contributed by atoms with Gasteiger partial charge in [-0.2, -0.15) is 0 Å². The third-order valence-electron chi connectivity index (χ3n) is 3.62. The number of para-hydroxylation sites is 1. The van der Waals surface area contributed by atoms with Crippen LogP contribution in [0.1, 0.15) is 24.2 Å². The zero-order valence-electron chi connectivity index (χ0n) is 14.0. The van der Waals surface area contributed by atoms with Gasteiger partial charge in [0.15, 0.2) is 12.2 Å². The predicted octanol–water partition coefficient (Wildman–Crippen LogP) is 3.25. The second kappa shape index (κ2) is 8.26. The minimum Gasteiger partial charge on any atom is -0.450 e. The fourth-order valence-electron chi connectivity index (χ4n) is 2.23. The van der Waals surface area contributed by atoms with Crippen LogP contribution in [-0.4, -0.2) is 25.1 Å². The molecule has 2 aromatic rings. The van der Waals surface area contributed by atoms with E-state index in [0.717, 1.165) is 5.56 Å². The van der Waals surface area contributed by atoms with Crippen molar-refractivity contribution in [2.24, 2.45) is 0 Å². The summed E-state index contributed by atoms with van der Waals surface area (Å²) in [6.45, 7) is 3.42. The van der Waals surface area contributed by atoms with Crippen molar-refractivity contribution in [3.63, 3.8) is 0 Å². The van der Waals surface area contributed by atoms with E-state index in [-0.39, 0.29) is 5.91 Å². The summed E-state index contributed by atoms with van der Waals surface area (Å²) in [5.41, 5.74) is 2.30. The summed E-state index contributed by atoms with van der Waals surface area (Å²) in [7, 11) is 1.43. The van der Waals surface area contributed by atoms with Gasteiger partial charge < -0.3 is 14.8 Å². The third kappa shape index (κ3) is 4.43. The molecule has 2 aromatic carbocycles. The fourth-order valence-corrected chi connectivity index (χ4v) is 2.23. The maximum Gasteiger partial charge on any atom is 0.340 e. The normalized spacial score (nSPS) is 13.0. The smallest absolute Gasteiger partial charge is 0.340 e. The molecule has 5 nitrogen and oxygen atoms in total. The number of hydrogen-bond donors (Lipinski definition) is 1. The Morgan fingerprint density at radius 3 is 2.25 bits per heavy atom. The van der Waals surface area contributed by atoms with E-state index < -0.39 is 18.2 Å². The number of methoxy groups -OCH3 is 1. The van der Waals surface area contributed by atoms with Gasteiger partial charge in [0.25, 0.3) is 5.91 Å². The average molecular weight is 327 g/mol. The molecule has 2 atom stereocenters. The summed E-state index contributed by atoms with van der Waals surface area (Å²) in [4.78, 5) is 24.5. The third-order valence-corrected chi connectivity index (χ3v) is 3.62. The number of amides is 1. The standard InChI is InChI=1S/C19H21NO4/c1-13-9-7-8-12-16(13)20-18(21)14(2)24-19(22)17(23-3)15-10-5-4-6-11-15/h4-12,14,17H,1-3H3,(H,20,21)/t14-,17-/m0/s1. The number of hydrogen-bond acceptors (Lipinski definition) is 4. The Balaban J connectivity index is 2.00. The molecule has 126 valence electrons. The molecule has 0 fully saturated rings. The van der Waals surface area contributed by atoms with Gasteiger partial charge in [-0.15, -0.1) is 0 Å².